The molecule has 0 spiro atoms. The highest BCUT2D eigenvalue weighted by Gasteiger charge is 2.34. The van der Waals surface area contributed by atoms with E-state index in [2.05, 4.69) is 0 Å². The molecule has 0 aromatic heterocycles. The molecule has 0 radical (unpaired) electrons. The van der Waals surface area contributed by atoms with Gasteiger partial charge in [0, 0.05) is 11.1 Å². The number of rotatable bonds is 2. The number of carbonyl (C=O) groups is 2. The highest BCUT2D eigenvalue weighted by atomic mass is 16.5. The fourth-order valence-electron chi connectivity index (χ4n) is 2.03. The summed E-state index contributed by atoms with van der Waals surface area (Å²) in [6.45, 7) is 1.53. The Bertz CT molecular complexity index is 583. The van der Waals surface area contributed by atoms with Crippen molar-refractivity contribution >= 4 is 11.6 Å². The Hall–Kier alpha value is -2.30. The van der Waals surface area contributed by atoms with E-state index in [-0.39, 0.29) is 39.7 Å². The predicted octanol–water partition coefficient (Wildman–Crippen LogP) is 1.70. The van der Waals surface area contributed by atoms with E-state index in [1.54, 1.807) is 0 Å². The van der Waals surface area contributed by atoms with Crippen molar-refractivity contribution in [3.63, 3.8) is 0 Å². The van der Waals surface area contributed by atoms with Gasteiger partial charge in [-0.2, -0.15) is 0 Å². The Balaban J connectivity index is 2.78. The maximum atomic E-state index is 12.2. The number of phenols is 1. The lowest BCUT2D eigenvalue weighted by Gasteiger charge is -2.20. The second-order valence-corrected chi connectivity index (χ2v) is 3.86. The van der Waals surface area contributed by atoms with Crippen LogP contribution in [0.15, 0.2) is 23.5 Å². The average Bonchev–Trinajstić information content (AvgIpc) is 2.36. The number of phenolic OH excluding ortho intramolecular Hbond substituents is 1. The number of fused-ring (bicyclic) bond motifs is 1. The van der Waals surface area contributed by atoms with Crippen molar-refractivity contribution in [1.29, 1.82) is 0 Å². The van der Waals surface area contributed by atoms with Gasteiger partial charge >= 0.3 is 0 Å². The quantitative estimate of drug-likeness (QED) is 0.862. The summed E-state index contributed by atoms with van der Waals surface area (Å²) in [5.74, 6) is -0.978. The zero-order chi connectivity index (χ0) is 13.4. The lowest BCUT2D eigenvalue weighted by atomic mass is 9.88. The summed E-state index contributed by atoms with van der Waals surface area (Å²) < 4.78 is 9.94. The zero-order valence-electron chi connectivity index (χ0n) is 10.2. The topological polar surface area (TPSA) is 72.8 Å². The van der Waals surface area contributed by atoms with Crippen LogP contribution in [0.2, 0.25) is 0 Å². The van der Waals surface area contributed by atoms with Crippen LogP contribution >= 0.6 is 0 Å². The van der Waals surface area contributed by atoms with Gasteiger partial charge in [0.25, 0.3) is 0 Å². The Kier molecular flexibility index (Phi) is 2.82. The van der Waals surface area contributed by atoms with Gasteiger partial charge in [0.1, 0.15) is 0 Å². The summed E-state index contributed by atoms with van der Waals surface area (Å²) in [4.78, 5) is 24.3. The average molecular weight is 248 g/mol. The number of ether oxygens (including phenoxy) is 2. The Morgan fingerprint density at radius 3 is 2.28 bits per heavy atom. The molecule has 1 aromatic carbocycles. The van der Waals surface area contributed by atoms with E-state index in [0.29, 0.717) is 0 Å². The molecule has 1 aliphatic rings. The molecular formula is C13H12O5. The Labute approximate surface area is 104 Å². The van der Waals surface area contributed by atoms with E-state index in [1.807, 2.05) is 0 Å². The van der Waals surface area contributed by atoms with E-state index < -0.39 is 5.78 Å². The first-order chi connectivity index (χ1) is 8.52. The maximum absolute atomic E-state index is 12.2. The molecule has 0 saturated carbocycles. The molecule has 18 heavy (non-hydrogen) atoms. The van der Waals surface area contributed by atoms with Gasteiger partial charge in [0.05, 0.1) is 19.8 Å². The first-order valence-electron chi connectivity index (χ1n) is 5.27. The van der Waals surface area contributed by atoms with Crippen LogP contribution in [0.4, 0.5) is 0 Å². The molecule has 1 N–H and O–H groups in total. The van der Waals surface area contributed by atoms with Crippen molar-refractivity contribution in [2.24, 2.45) is 0 Å². The Morgan fingerprint density at radius 1 is 1.06 bits per heavy atom. The fraction of sp³-hybridized carbons (Fsp3) is 0.231. The number of benzene rings is 1. The highest BCUT2D eigenvalue weighted by molar-refractivity contribution is 6.27. The van der Waals surface area contributed by atoms with Crippen LogP contribution in [0.25, 0.3) is 0 Å². The van der Waals surface area contributed by atoms with Gasteiger partial charge in [-0.15, -0.1) is 0 Å². The number of hydrogen-bond acceptors (Lipinski definition) is 5. The second kappa shape index (κ2) is 4.18. The largest absolute Gasteiger partial charge is 0.504 e. The SMILES string of the molecule is COC1=C(C)C(=O)c2ccc(O)c(OC)c2C1=O. The molecule has 2 rings (SSSR count). The van der Waals surface area contributed by atoms with Crippen LogP contribution in [0.5, 0.6) is 11.5 Å². The molecule has 1 aromatic rings. The van der Waals surface area contributed by atoms with E-state index in [9.17, 15) is 14.7 Å². The van der Waals surface area contributed by atoms with Crippen LogP contribution in [0, 0.1) is 0 Å². The predicted molar refractivity (Wildman–Crippen MR) is 63.0 cm³/mol. The van der Waals surface area contributed by atoms with E-state index >= 15 is 0 Å². The molecule has 94 valence electrons. The molecule has 0 aliphatic heterocycles. The molecule has 5 heteroatoms. The third-order valence-corrected chi connectivity index (χ3v) is 2.90. The standard InChI is InChI=1S/C13H12O5/c1-6-10(15)7-4-5-8(14)13(18-3)9(7)11(16)12(6)17-2/h4-5,14H,1-3H3. The molecule has 1 aliphatic carbocycles. The Morgan fingerprint density at radius 2 is 1.72 bits per heavy atom. The summed E-state index contributed by atoms with van der Waals surface area (Å²) in [6, 6.07) is 2.73. The lowest BCUT2D eigenvalue weighted by molar-refractivity contribution is 0.0902. The molecule has 0 fully saturated rings. The van der Waals surface area contributed by atoms with Gasteiger partial charge in [-0.05, 0) is 19.1 Å². The monoisotopic (exact) mass is 248 g/mol. The molecule has 0 saturated heterocycles. The minimum absolute atomic E-state index is 0.00657. The molecular weight excluding hydrogens is 236 g/mol. The van der Waals surface area contributed by atoms with E-state index in [4.69, 9.17) is 9.47 Å². The van der Waals surface area contributed by atoms with Crippen LogP contribution in [-0.2, 0) is 4.74 Å². The number of allylic oxidation sites excluding steroid dienone is 2. The molecule has 0 atom stereocenters. The number of methoxy groups -OCH3 is 2. The third-order valence-electron chi connectivity index (χ3n) is 2.90. The number of Topliss-reactive ketones (excluding diaryl/α,β-unsaturated/α-hetero) is 2. The zero-order valence-corrected chi connectivity index (χ0v) is 10.2. The second-order valence-electron chi connectivity index (χ2n) is 3.86. The third kappa shape index (κ3) is 1.48. The molecule has 0 heterocycles. The van der Waals surface area contributed by atoms with Crippen LogP contribution in [0.1, 0.15) is 27.6 Å². The number of ketones is 2. The van der Waals surface area contributed by atoms with Crippen molar-refractivity contribution in [2.45, 2.75) is 6.92 Å². The summed E-state index contributed by atoms with van der Waals surface area (Å²) in [7, 11) is 2.65. The normalized spacial score (nSPS) is 14.6. The van der Waals surface area contributed by atoms with Crippen molar-refractivity contribution in [3.05, 3.63) is 34.6 Å². The highest BCUT2D eigenvalue weighted by Crippen LogP contribution is 2.38. The first kappa shape index (κ1) is 12.2. The lowest BCUT2D eigenvalue weighted by Crippen LogP contribution is -2.22. The molecule has 5 nitrogen and oxygen atoms in total. The van der Waals surface area contributed by atoms with Crippen molar-refractivity contribution in [2.75, 3.05) is 14.2 Å². The van der Waals surface area contributed by atoms with E-state index in [1.165, 1.54) is 33.3 Å². The van der Waals surface area contributed by atoms with Crippen LogP contribution < -0.4 is 4.74 Å². The van der Waals surface area contributed by atoms with Crippen molar-refractivity contribution in [1.82, 2.24) is 0 Å². The molecule has 0 unspecified atom stereocenters. The van der Waals surface area contributed by atoms with Gasteiger partial charge in [0.15, 0.2) is 23.0 Å². The van der Waals surface area contributed by atoms with Gasteiger partial charge in [-0.25, -0.2) is 0 Å². The number of aromatic hydroxyl groups is 1. The van der Waals surface area contributed by atoms with Crippen LogP contribution in [0.3, 0.4) is 0 Å². The number of hydrogen-bond donors (Lipinski definition) is 1. The van der Waals surface area contributed by atoms with Crippen molar-refractivity contribution < 1.29 is 24.2 Å². The maximum Gasteiger partial charge on any atom is 0.232 e. The summed E-state index contributed by atoms with van der Waals surface area (Å²) >= 11 is 0. The van der Waals surface area contributed by atoms with Crippen LogP contribution in [-0.4, -0.2) is 30.9 Å². The summed E-state index contributed by atoms with van der Waals surface area (Å²) in [5, 5.41) is 9.65. The minimum atomic E-state index is -0.461. The summed E-state index contributed by atoms with van der Waals surface area (Å²) in [6.07, 6.45) is 0. The smallest absolute Gasteiger partial charge is 0.232 e. The summed E-state index contributed by atoms with van der Waals surface area (Å²) in [5.41, 5.74) is 0.514. The van der Waals surface area contributed by atoms with Crippen molar-refractivity contribution in [3.8, 4) is 11.5 Å². The van der Waals surface area contributed by atoms with Gasteiger partial charge in [-0.3, -0.25) is 9.59 Å². The van der Waals surface area contributed by atoms with Gasteiger partial charge < -0.3 is 14.6 Å². The molecule has 0 bridgehead atoms. The van der Waals surface area contributed by atoms with E-state index in [0.717, 1.165) is 0 Å². The minimum Gasteiger partial charge on any atom is -0.504 e. The molecule has 0 amide bonds. The number of carbonyl (C=O) groups excluding carboxylic acids is 2. The fourth-order valence-corrected chi connectivity index (χ4v) is 2.03. The van der Waals surface area contributed by atoms with Gasteiger partial charge in [-0.1, -0.05) is 0 Å². The van der Waals surface area contributed by atoms with Gasteiger partial charge in [0.2, 0.25) is 5.78 Å². The first-order valence-corrected chi connectivity index (χ1v) is 5.27.